The SMILES string of the molecule is COC(=O)[C@@H]1CCCN1C(=O)[C@H](CC(C)C)NC(=O)[C@H](Cc1ccc(NC(=O)OCc2ccccc2)cc1)NC(C)=O. The van der Waals surface area contributed by atoms with Crippen molar-refractivity contribution in [3.8, 4) is 0 Å². The van der Waals surface area contributed by atoms with E-state index < -0.39 is 42.0 Å². The van der Waals surface area contributed by atoms with Gasteiger partial charge in [0.1, 0.15) is 24.7 Å². The largest absolute Gasteiger partial charge is 0.467 e. The predicted molar refractivity (Wildman–Crippen MR) is 156 cm³/mol. The molecule has 3 atom stereocenters. The number of carbonyl (C=O) groups is 5. The number of benzene rings is 2. The zero-order valence-electron chi connectivity index (χ0n) is 24.6. The molecule has 11 heteroatoms. The Morgan fingerprint density at radius 3 is 2.24 bits per heavy atom. The Morgan fingerprint density at radius 1 is 0.929 bits per heavy atom. The van der Waals surface area contributed by atoms with Crippen molar-refractivity contribution in [2.24, 2.45) is 5.92 Å². The highest BCUT2D eigenvalue weighted by Gasteiger charge is 2.39. The van der Waals surface area contributed by atoms with Crippen LogP contribution in [0, 0.1) is 5.92 Å². The fourth-order valence-electron chi connectivity index (χ4n) is 4.87. The number of likely N-dealkylation sites (tertiary alicyclic amines) is 1. The Hall–Kier alpha value is -4.41. The number of esters is 1. The Balaban J connectivity index is 1.64. The topological polar surface area (TPSA) is 143 Å². The summed E-state index contributed by atoms with van der Waals surface area (Å²) in [6, 6.07) is 13.6. The molecule has 0 saturated carbocycles. The zero-order chi connectivity index (χ0) is 30.6. The molecule has 0 aromatic heterocycles. The van der Waals surface area contributed by atoms with Gasteiger partial charge in [0.2, 0.25) is 17.7 Å². The quantitative estimate of drug-likeness (QED) is 0.327. The zero-order valence-corrected chi connectivity index (χ0v) is 24.6. The lowest BCUT2D eigenvalue weighted by molar-refractivity contribution is -0.152. The number of anilines is 1. The molecule has 3 rings (SSSR count). The predicted octanol–water partition coefficient (Wildman–Crippen LogP) is 3.18. The van der Waals surface area contributed by atoms with Gasteiger partial charge in [0, 0.05) is 25.6 Å². The minimum absolute atomic E-state index is 0.0806. The second-order valence-corrected chi connectivity index (χ2v) is 10.7. The van der Waals surface area contributed by atoms with Crippen LogP contribution in [-0.2, 0) is 41.7 Å². The van der Waals surface area contributed by atoms with Crippen LogP contribution in [0.3, 0.4) is 0 Å². The highest BCUT2D eigenvalue weighted by atomic mass is 16.5. The normalized spacial score (nSPS) is 15.8. The Kier molecular flexibility index (Phi) is 11.9. The molecule has 226 valence electrons. The van der Waals surface area contributed by atoms with Gasteiger partial charge in [-0.1, -0.05) is 56.3 Å². The number of amides is 4. The van der Waals surface area contributed by atoms with E-state index in [-0.39, 0.29) is 24.9 Å². The molecule has 1 aliphatic rings. The molecule has 0 unspecified atom stereocenters. The average Bonchev–Trinajstić information content (AvgIpc) is 3.46. The molecule has 3 N–H and O–H groups in total. The highest BCUT2D eigenvalue weighted by Crippen LogP contribution is 2.21. The molecule has 1 saturated heterocycles. The van der Waals surface area contributed by atoms with Crippen molar-refractivity contribution in [3.05, 3.63) is 65.7 Å². The summed E-state index contributed by atoms with van der Waals surface area (Å²) in [5.74, 6) is -1.65. The molecule has 0 aliphatic carbocycles. The van der Waals surface area contributed by atoms with Crippen molar-refractivity contribution in [2.75, 3.05) is 19.0 Å². The van der Waals surface area contributed by atoms with Crippen LogP contribution in [-0.4, -0.2) is 66.5 Å². The lowest BCUT2D eigenvalue weighted by atomic mass is 10.00. The van der Waals surface area contributed by atoms with Crippen molar-refractivity contribution >= 4 is 35.5 Å². The smallest absolute Gasteiger partial charge is 0.411 e. The van der Waals surface area contributed by atoms with Crippen LogP contribution in [0.1, 0.15) is 51.2 Å². The van der Waals surface area contributed by atoms with Crippen LogP contribution in [0.5, 0.6) is 0 Å². The van der Waals surface area contributed by atoms with Gasteiger partial charge >= 0.3 is 12.1 Å². The van der Waals surface area contributed by atoms with Crippen LogP contribution in [0.15, 0.2) is 54.6 Å². The van der Waals surface area contributed by atoms with Crippen molar-refractivity contribution < 1.29 is 33.4 Å². The van der Waals surface area contributed by atoms with Crippen molar-refractivity contribution in [1.29, 1.82) is 0 Å². The maximum atomic E-state index is 13.5. The molecular weight excluding hydrogens is 540 g/mol. The molecule has 11 nitrogen and oxygen atoms in total. The van der Waals surface area contributed by atoms with Crippen molar-refractivity contribution in [1.82, 2.24) is 15.5 Å². The van der Waals surface area contributed by atoms with E-state index in [1.807, 2.05) is 44.2 Å². The standard InChI is InChI=1S/C31H40N4O7/c1-20(2)17-26(29(38)35-16-8-11-27(35)30(39)41-4)34-28(37)25(32-21(3)36)18-22-12-14-24(15-13-22)33-31(40)42-19-23-9-6-5-7-10-23/h5-7,9-10,12-15,20,25-27H,8,11,16-19H2,1-4H3,(H,32,36)(H,33,40)(H,34,37)/t25-,26-,27-/m0/s1. The minimum Gasteiger partial charge on any atom is -0.467 e. The van der Waals surface area contributed by atoms with Gasteiger partial charge < -0.3 is 25.0 Å². The van der Waals surface area contributed by atoms with E-state index in [0.717, 1.165) is 11.1 Å². The van der Waals surface area contributed by atoms with Crippen LogP contribution in [0.2, 0.25) is 0 Å². The maximum absolute atomic E-state index is 13.5. The summed E-state index contributed by atoms with van der Waals surface area (Å²) < 4.78 is 10.1. The van der Waals surface area contributed by atoms with Crippen LogP contribution in [0.25, 0.3) is 0 Å². The Labute approximate surface area is 246 Å². The number of hydrogen-bond donors (Lipinski definition) is 3. The lowest BCUT2D eigenvalue weighted by Gasteiger charge is -2.30. The van der Waals surface area contributed by atoms with Gasteiger partial charge in [-0.15, -0.1) is 0 Å². The van der Waals surface area contributed by atoms with Gasteiger partial charge in [0.25, 0.3) is 0 Å². The number of ether oxygens (including phenoxy) is 2. The fourth-order valence-corrected chi connectivity index (χ4v) is 4.87. The van der Waals surface area contributed by atoms with E-state index >= 15 is 0 Å². The van der Waals surface area contributed by atoms with E-state index in [2.05, 4.69) is 16.0 Å². The van der Waals surface area contributed by atoms with Gasteiger partial charge in [-0.3, -0.25) is 19.7 Å². The van der Waals surface area contributed by atoms with Gasteiger partial charge in [0.05, 0.1) is 7.11 Å². The average molecular weight is 581 g/mol. The molecule has 1 aliphatic heterocycles. The molecule has 2 aromatic carbocycles. The molecule has 4 amide bonds. The first-order valence-corrected chi connectivity index (χ1v) is 14.1. The first kappa shape index (κ1) is 32.1. The summed E-state index contributed by atoms with van der Waals surface area (Å²) in [6.07, 6.45) is 1.09. The summed E-state index contributed by atoms with van der Waals surface area (Å²) in [5, 5.41) is 8.16. The molecule has 0 spiro atoms. The molecule has 42 heavy (non-hydrogen) atoms. The van der Waals surface area contributed by atoms with Crippen molar-refractivity contribution in [2.45, 2.75) is 71.2 Å². The number of nitrogens with one attached hydrogen (secondary N) is 3. The van der Waals surface area contributed by atoms with Gasteiger partial charge in [-0.2, -0.15) is 0 Å². The molecular formula is C31H40N4O7. The van der Waals surface area contributed by atoms with Gasteiger partial charge in [-0.25, -0.2) is 9.59 Å². The first-order valence-electron chi connectivity index (χ1n) is 14.1. The highest BCUT2D eigenvalue weighted by molar-refractivity contribution is 5.93. The maximum Gasteiger partial charge on any atom is 0.411 e. The summed E-state index contributed by atoms with van der Waals surface area (Å²) >= 11 is 0. The van der Waals surface area contributed by atoms with E-state index in [0.29, 0.717) is 31.5 Å². The third kappa shape index (κ3) is 9.60. The van der Waals surface area contributed by atoms with E-state index in [9.17, 15) is 24.0 Å². The number of rotatable bonds is 12. The number of methoxy groups -OCH3 is 1. The molecule has 0 radical (unpaired) electrons. The molecule has 1 fully saturated rings. The Bertz CT molecular complexity index is 1230. The second kappa shape index (κ2) is 15.6. The van der Waals surface area contributed by atoms with Crippen LogP contribution < -0.4 is 16.0 Å². The van der Waals surface area contributed by atoms with E-state index in [1.165, 1.54) is 18.9 Å². The number of carbonyl (C=O) groups excluding carboxylic acids is 5. The first-order chi connectivity index (χ1) is 20.1. The fraction of sp³-hybridized carbons (Fsp3) is 0.452. The Morgan fingerprint density at radius 2 is 1.62 bits per heavy atom. The van der Waals surface area contributed by atoms with Crippen LogP contribution >= 0.6 is 0 Å². The molecule has 1 heterocycles. The van der Waals surface area contributed by atoms with Gasteiger partial charge in [-0.05, 0) is 48.4 Å². The lowest BCUT2D eigenvalue weighted by Crippen LogP contribution is -2.56. The summed E-state index contributed by atoms with van der Waals surface area (Å²) in [7, 11) is 1.29. The number of hydrogen-bond acceptors (Lipinski definition) is 7. The number of nitrogens with zero attached hydrogens (tertiary/aromatic N) is 1. The second-order valence-electron chi connectivity index (χ2n) is 10.7. The van der Waals surface area contributed by atoms with Crippen molar-refractivity contribution in [3.63, 3.8) is 0 Å². The monoisotopic (exact) mass is 580 g/mol. The summed E-state index contributed by atoms with van der Waals surface area (Å²) in [6.45, 7) is 5.73. The third-order valence-corrected chi connectivity index (χ3v) is 6.88. The van der Waals surface area contributed by atoms with E-state index in [1.54, 1.807) is 24.3 Å². The summed E-state index contributed by atoms with van der Waals surface area (Å²) in [5.41, 5.74) is 2.10. The third-order valence-electron chi connectivity index (χ3n) is 6.88. The molecule has 0 bridgehead atoms. The minimum atomic E-state index is -0.949. The van der Waals surface area contributed by atoms with Gasteiger partial charge in [0.15, 0.2) is 0 Å². The van der Waals surface area contributed by atoms with E-state index in [4.69, 9.17) is 9.47 Å². The summed E-state index contributed by atoms with van der Waals surface area (Å²) in [4.78, 5) is 64.7. The van der Waals surface area contributed by atoms with Crippen LogP contribution in [0.4, 0.5) is 10.5 Å². The molecule has 2 aromatic rings.